The minimum atomic E-state index is -1.12. The van der Waals surface area contributed by atoms with Crippen LogP contribution in [0.5, 0.6) is 0 Å². The molecular formula is C8H3N3O4S2. The molecule has 17 heavy (non-hydrogen) atoms. The largest absolute Gasteiger partial charge is 0.478 e. The van der Waals surface area contributed by atoms with Gasteiger partial charge in [0.2, 0.25) is 0 Å². The molecular weight excluding hydrogens is 266 g/mol. The Balaban J connectivity index is 2.15. The number of fused-ring (bicyclic) bond motifs is 1. The van der Waals surface area contributed by atoms with Gasteiger partial charge >= 0.3 is 17.1 Å². The summed E-state index contributed by atoms with van der Waals surface area (Å²) in [5.74, 6) is -1.12. The summed E-state index contributed by atoms with van der Waals surface area (Å²) in [5.41, 5.74) is 1.18. The summed E-state index contributed by atoms with van der Waals surface area (Å²) in [4.78, 5) is 32.8. The maximum Gasteiger partial charge on any atom is 0.340 e. The summed E-state index contributed by atoms with van der Waals surface area (Å²) in [7, 11) is 0. The smallest absolute Gasteiger partial charge is 0.340 e. The Bertz CT molecular complexity index is 779. The fourth-order valence-electron chi connectivity index (χ4n) is 1.36. The van der Waals surface area contributed by atoms with Crippen LogP contribution < -0.4 is 16.5 Å². The molecule has 0 unspecified atom stereocenters. The average Bonchev–Trinajstić information content (AvgIpc) is 2.71. The first kappa shape index (κ1) is 10.2. The minimum absolute atomic E-state index is 0.0336. The standard InChI is InChI=1S/C8H3N3O4S2/c12-5-6(13)11(5)10-4-3(7(14)15)2-1-9-17-8(2)16-4/h1,10H,(H,14,15). The van der Waals surface area contributed by atoms with Gasteiger partial charge in [-0.1, -0.05) is 0 Å². The van der Waals surface area contributed by atoms with Crippen molar-refractivity contribution in [1.82, 2.24) is 9.05 Å². The number of carboxylic acid groups (broad SMARTS) is 1. The van der Waals surface area contributed by atoms with E-state index in [-0.39, 0.29) is 10.6 Å². The van der Waals surface area contributed by atoms with Gasteiger partial charge < -0.3 is 5.11 Å². The van der Waals surface area contributed by atoms with Gasteiger partial charge in [-0.15, -0.1) is 11.3 Å². The number of carboxylic acids is 1. The zero-order valence-electron chi connectivity index (χ0n) is 7.96. The van der Waals surface area contributed by atoms with Crippen LogP contribution in [0.2, 0.25) is 0 Å². The first-order chi connectivity index (χ1) is 8.09. The van der Waals surface area contributed by atoms with Gasteiger partial charge in [0, 0.05) is 5.39 Å². The molecule has 3 rings (SSSR count). The molecule has 9 heteroatoms. The van der Waals surface area contributed by atoms with E-state index in [9.17, 15) is 14.4 Å². The molecule has 3 aromatic rings. The second-order valence-electron chi connectivity index (χ2n) is 3.20. The minimum Gasteiger partial charge on any atom is -0.478 e. The molecule has 0 spiro atoms. The van der Waals surface area contributed by atoms with Crippen molar-refractivity contribution in [2.75, 3.05) is 5.43 Å². The third kappa shape index (κ3) is 1.40. The quantitative estimate of drug-likeness (QED) is 0.664. The summed E-state index contributed by atoms with van der Waals surface area (Å²) in [6.45, 7) is 0. The molecule has 0 aliphatic heterocycles. The van der Waals surface area contributed by atoms with Crippen molar-refractivity contribution in [3.8, 4) is 0 Å². The SMILES string of the molecule is O=C(O)c1c(Nn2c(=O)c2=O)sc2sncc12. The number of hydrogen-bond donors (Lipinski definition) is 2. The average molecular weight is 269 g/mol. The van der Waals surface area contributed by atoms with Crippen LogP contribution in [0.4, 0.5) is 5.00 Å². The molecule has 0 aromatic carbocycles. The van der Waals surface area contributed by atoms with Gasteiger partial charge in [0.05, 0.1) is 6.20 Å². The normalized spacial score (nSPS) is 11.3. The fraction of sp³-hybridized carbons (Fsp3) is 0. The van der Waals surface area contributed by atoms with Gasteiger partial charge in [-0.05, 0) is 11.5 Å². The van der Waals surface area contributed by atoms with E-state index in [1.54, 1.807) is 0 Å². The van der Waals surface area contributed by atoms with Crippen molar-refractivity contribution in [3.63, 3.8) is 0 Å². The first-order valence-electron chi connectivity index (χ1n) is 4.35. The lowest BCUT2D eigenvalue weighted by Gasteiger charge is -1.98. The van der Waals surface area contributed by atoms with E-state index in [1.165, 1.54) is 17.7 Å². The molecule has 3 aromatic heterocycles. The Morgan fingerprint density at radius 3 is 2.71 bits per heavy atom. The van der Waals surface area contributed by atoms with Crippen LogP contribution in [-0.4, -0.2) is 20.1 Å². The number of thiophene rings is 1. The zero-order chi connectivity index (χ0) is 12.2. The summed E-state index contributed by atoms with van der Waals surface area (Å²) in [6.07, 6.45) is 1.46. The zero-order valence-corrected chi connectivity index (χ0v) is 9.59. The van der Waals surface area contributed by atoms with Crippen LogP contribution in [0.25, 0.3) is 9.40 Å². The lowest BCUT2D eigenvalue weighted by atomic mass is 10.2. The topological polar surface area (TPSA) is 101 Å². The van der Waals surface area contributed by atoms with Crippen LogP contribution in [0.3, 0.4) is 0 Å². The number of rotatable bonds is 3. The molecule has 2 N–H and O–H groups in total. The molecule has 0 bridgehead atoms. The van der Waals surface area contributed by atoms with Crippen LogP contribution in [0, 0.1) is 0 Å². The van der Waals surface area contributed by atoms with E-state index in [1.807, 2.05) is 0 Å². The fourth-order valence-corrected chi connectivity index (χ4v) is 3.29. The highest BCUT2D eigenvalue weighted by molar-refractivity contribution is 7.38. The molecule has 0 fully saturated rings. The van der Waals surface area contributed by atoms with E-state index in [2.05, 4.69) is 9.80 Å². The monoisotopic (exact) mass is 269 g/mol. The van der Waals surface area contributed by atoms with Gasteiger partial charge in [0.15, 0.2) is 0 Å². The molecule has 0 amide bonds. The van der Waals surface area contributed by atoms with Crippen LogP contribution >= 0.6 is 22.9 Å². The van der Waals surface area contributed by atoms with Gasteiger partial charge in [-0.2, -0.15) is 9.05 Å². The lowest BCUT2D eigenvalue weighted by Crippen LogP contribution is -2.09. The Morgan fingerprint density at radius 1 is 1.41 bits per heavy atom. The van der Waals surface area contributed by atoms with E-state index in [0.29, 0.717) is 5.39 Å². The molecule has 0 atom stereocenters. The van der Waals surface area contributed by atoms with Crippen molar-refractivity contribution in [3.05, 3.63) is 32.5 Å². The van der Waals surface area contributed by atoms with Gasteiger partial charge in [0.25, 0.3) is 0 Å². The van der Waals surface area contributed by atoms with Crippen LogP contribution in [0.15, 0.2) is 15.8 Å². The lowest BCUT2D eigenvalue weighted by molar-refractivity contribution is 0.0700. The molecule has 0 radical (unpaired) electrons. The summed E-state index contributed by atoms with van der Waals surface area (Å²) < 4.78 is 5.39. The van der Waals surface area contributed by atoms with Crippen LogP contribution in [-0.2, 0) is 0 Å². The third-order valence-electron chi connectivity index (χ3n) is 2.19. The number of anilines is 1. The van der Waals surface area contributed by atoms with Crippen molar-refractivity contribution < 1.29 is 9.90 Å². The van der Waals surface area contributed by atoms with Gasteiger partial charge in [-0.3, -0.25) is 15.0 Å². The Morgan fingerprint density at radius 2 is 2.12 bits per heavy atom. The van der Waals surface area contributed by atoms with E-state index in [0.717, 1.165) is 20.0 Å². The van der Waals surface area contributed by atoms with Gasteiger partial charge in [0.1, 0.15) is 14.6 Å². The highest BCUT2D eigenvalue weighted by atomic mass is 32.2. The highest BCUT2D eigenvalue weighted by Crippen LogP contribution is 2.37. The molecule has 0 saturated carbocycles. The van der Waals surface area contributed by atoms with Crippen molar-refractivity contribution in [1.29, 1.82) is 0 Å². The molecule has 0 saturated heterocycles. The number of hydrogen-bond acceptors (Lipinski definition) is 7. The molecule has 0 aliphatic rings. The first-order valence-corrected chi connectivity index (χ1v) is 5.94. The van der Waals surface area contributed by atoms with E-state index >= 15 is 0 Å². The van der Waals surface area contributed by atoms with Gasteiger partial charge in [-0.25, -0.2) is 4.79 Å². The Labute approximate surface area is 100 Å². The predicted octanol–water partition coefficient (Wildman–Crippen LogP) is 0.329. The van der Waals surface area contributed by atoms with Crippen molar-refractivity contribution >= 4 is 43.2 Å². The number of aromatic nitrogens is 2. The molecule has 3 heterocycles. The number of nitrogens with one attached hydrogen (secondary N) is 1. The number of aromatic carboxylic acids is 1. The predicted molar refractivity (Wildman–Crippen MR) is 62.8 cm³/mol. The highest BCUT2D eigenvalue weighted by Gasteiger charge is 2.24. The summed E-state index contributed by atoms with van der Waals surface area (Å²) >= 11 is 2.31. The van der Waals surface area contributed by atoms with Crippen molar-refractivity contribution in [2.24, 2.45) is 0 Å². The number of carbonyl (C=O) groups is 1. The second-order valence-corrected chi connectivity index (χ2v) is 5.28. The third-order valence-corrected chi connectivity index (χ3v) is 4.17. The summed E-state index contributed by atoms with van der Waals surface area (Å²) in [6, 6.07) is 0. The Hall–Kier alpha value is -2.00. The van der Waals surface area contributed by atoms with E-state index < -0.39 is 17.1 Å². The second kappa shape index (κ2) is 3.25. The maximum absolute atomic E-state index is 11.1. The molecule has 7 nitrogen and oxygen atoms in total. The molecule has 86 valence electrons. The molecule has 0 aliphatic carbocycles. The van der Waals surface area contributed by atoms with E-state index in [4.69, 9.17) is 5.11 Å². The number of nitrogens with zero attached hydrogens (tertiary/aromatic N) is 2. The summed E-state index contributed by atoms with van der Waals surface area (Å²) in [5, 5.41) is 9.87. The maximum atomic E-state index is 11.1. The van der Waals surface area contributed by atoms with Crippen LogP contribution in [0.1, 0.15) is 10.4 Å². The van der Waals surface area contributed by atoms with Crippen molar-refractivity contribution in [2.45, 2.75) is 0 Å². The Kier molecular flexibility index (Phi) is 1.94.